The highest BCUT2D eigenvalue weighted by Gasteiger charge is 2.26. The number of thiazole rings is 1. The molecule has 0 fully saturated rings. The van der Waals surface area contributed by atoms with Gasteiger partial charge in [-0.05, 0) is 25.1 Å². The van der Waals surface area contributed by atoms with Crippen LogP contribution in [0.2, 0.25) is 0 Å². The Morgan fingerprint density at radius 1 is 1.39 bits per heavy atom. The molecule has 0 saturated heterocycles. The number of nitrogens with one attached hydrogen (secondary N) is 1. The lowest BCUT2D eigenvalue weighted by Gasteiger charge is -2.16. The summed E-state index contributed by atoms with van der Waals surface area (Å²) in [5.74, 6) is -3.22. The Morgan fingerprint density at radius 3 is 2.79 bits per heavy atom. The molecule has 11 heteroatoms. The molecule has 0 radical (unpaired) electrons. The molecule has 28 heavy (non-hydrogen) atoms. The van der Waals surface area contributed by atoms with Crippen molar-refractivity contribution in [2.45, 2.75) is 25.8 Å². The van der Waals surface area contributed by atoms with Gasteiger partial charge in [0.25, 0.3) is 11.8 Å². The summed E-state index contributed by atoms with van der Waals surface area (Å²) in [5, 5.41) is 16.2. The van der Waals surface area contributed by atoms with Gasteiger partial charge in [0.2, 0.25) is 5.13 Å². The first kappa shape index (κ1) is 20.0. The Morgan fingerprint density at radius 2 is 2.14 bits per heavy atom. The van der Waals surface area contributed by atoms with Gasteiger partial charge < -0.3 is 5.32 Å². The van der Waals surface area contributed by atoms with E-state index in [2.05, 4.69) is 36.3 Å². The van der Waals surface area contributed by atoms with Gasteiger partial charge in [-0.15, -0.1) is 0 Å². The number of carbonyl (C=O) groups is 1. The van der Waals surface area contributed by atoms with Crippen LogP contribution in [0.1, 0.15) is 46.5 Å². The number of carbonyl (C=O) groups excluding carboxylic acids is 1. The molecule has 1 N–H and O–H groups in total. The summed E-state index contributed by atoms with van der Waals surface area (Å²) >= 11 is 4.29. The first-order chi connectivity index (χ1) is 13.2. The Labute approximate surface area is 171 Å². The summed E-state index contributed by atoms with van der Waals surface area (Å²) in [6, 6.07) is 5.29. The van der Waals surface area contributed by atoms with E-state index < -0.39 is 17.9 Å². The number of rotatable bonds is 5. The fraction of sp³-hybridized carbons (Fsp3) is 0.235. The van der Waals surface area contributed by atoms with Crippen molar-refractivity contribution in [3.63, 3.8) is 0 Å². The molecule has 2 aromatic heterocycles. The van der Waals surface area contributed by atoms with Gasteiger partial charge in [0.15, 0.2) is 5.82 Å². The van der Waals surface area contributed by atoms with Crippen LogP contribution < -0.4 is 5.32 Å². The molecule has 0 aliphatic carbocycles. The molecule has 2 heterocycles. The van der Waals surface area contributed by atoms with Crippen molar-refractivity contribution in [3.05, 3.63) is 57.0 Å². The molecule has 0 saturated carbocycles. The number of aromatic nitrogens is 4. The molecule has 3 aromatic rings. The van der Waals surface area contributed by atoms with E-state index in [1.165, 1.54) is 29.3 Å². The average molecular weight is 467 g/mol. The maximum atomic E-state index is 13.6. The molecule has 0 aliphatic heterocycles. The number of amides is 1. The second kappa shape index (κ2) is 7.73. The number of nitriles is 1. The van der Waals surface area contributed by atoms with Crippen molar-refractivity contribution >= 4 is 33.2 Å². The van der Waals surface area contributed by atoms with Gasteiger partial charge in [0.05, 0.1) is 12.2 Å². The van der Waals surface area contributed by atoms with E-state index in [1.807, 2.05) is 6.07 Å². The maximum Gasteiger partial charge on any atom is 0.270 e. The van der Waals surface area contributed by atoms with E-state index in [0.29, 0.717) is 20.3 Å². The molecule has 3 rings (SSSR count). The van der Waals surface area contributed by atoms with Crippen LogP contribution in [0.15, 0.2) is 35.2 Å². The highest BCUT2D eigenvalue weighted by atomic mass is 79.9. The van der Waals surface area contributed by atoms with E-state index in [0.717, 1.165) is 24.3 Å². The first-order valence-electron chi connectivity index (χ1n) is 7.95. The van der Waals surface area contributed by atoms with Gasteiger partial charge in [-0.25, -0.2) is 18.7 Å². The van der Waals surface area contributed by atoms with E-state index in [9.17, 15) is 13.6 Å². The van der Waals surface area contributed by atoms with Crippen molar-refractivity contribution in [1.82, 2.24) is 25.1 Å². The normalized spacial score (nSPS) is 12.4. The van der Waals surface area contributed by atoms with Crippen molar-refractivity contribution in [3.8, 4) is 11.2 Å². The number of halogens is 3. The van der Waals surface area contributed by atoms with Crippen LogP contribution in [-0.2, 0) is 5.92 Å². The Kier molecular flexibility index (Phi) is 5.53. The smallest absolute Gasteiger partial charge is 0.270 e. The molecule has 0 aliphatic rings. The lowest BCUT2D eigenvalue weighted by atomic mass is 10.1. The molecule has 1 atom stereocenters. The van der Waals surface area contributed by atoms with Gasteiger partial charge >= 0.3 is 0 Å². The molecule has 1 aromatic carbocycles. The largest absolute Gasteiger partial charge is 0.342 e. The summed E-state index contributed by atoms with van der Waals surface area (Å²) in [5.41, 5.74) is -0.181. The third-order valence-corrected chi connectivity index (χ3v) is 5.10. The zero-order valence-corrected chi connectivity index (χ0v) is 17.1. The Balaban J connectivity index is 1.84. The fourth-order valence-corrected chi connectivity index (χ4v) is 3.60. The number of hydrogen-bond acceptors (Lipinski definition) is 6. The van der Waals surface area contributed by atoms with Gasteiger partial charge in [-0.2, -0.15) is 15.0 Å². The molecular formula is C17H13BrF2N6OS. The van der Waals surface area contributed by atoms with Gasteiger partial charge in [-0.3, -0.25) is 4.79 Å². The fourth-order valence-electron chi connectivity index (χ4n) is 2.43. The summed E-state index contributed by atoms with van der Waals surface area (Å²) in [6.07, 6.45) is 2.73. The minimum Gasteiger partial charge on any atom is -0.342 e. The maximum absolute atomic E-state index is 13.6. The molecule has 0 bridgehead atoms. The summed E-state index contributed by atoms with van der Waals surface area (Å²) in [7, 11) is 0. The van der Waals surface area contributed by atoms with Crippen molar-refractivity contribution in [1.29, 1.82) is 5.26 Å². The third kappa shape index (κ3) is 4.23. The highest BCUT2D eigenvalue weighted by Crippen LogP contribution is 2.30. The van der Waals surface area contributed by atoms with Crippen LogP contribution in [0.4, 0.5) is 8.78 Å². The van der Waals surface area contributed by atoms with Gasteiger partial charge in [0, 0.05) is 22.5 Å². The third-order valence-electron chi connectivity index (χ3n) is 3.76. The highest BCUT2D eigenvalue weighted by molar-refractivity contribution is 9.10. The zero-order valence-electron chi connectivity index (χ0n) is 14.7. The van der Waals surface area contributed by atoms with Crippen LogP contribution in [0.5, 0.6) is 0 Å². The van der Waals surface area contributed by atoms with Crippen molar-refractivity contribution in [2.24, 2.45) is 0 Å². The number of alkyl halides is 2. The van der Waals surface area contributed by atoms with E-state index in [1.54, 1.807) is 6.92 Å². The second-order valence-electron chi connectivity index (χ2n) is 5.96. The summed E-state index contributed by atoms with van der Waals surface area (Å²) in [6.45, 7) is 2.45. The Hall–Kier alpha value is -2.71. The monoisotopic (exact) mass is 466 g/mol. The summed E-state index contributed by atoms with van der Waals surface area (Å²) in [4.78, 5) is 21.3. The van der Waals surface area contributed by atoms with Gasteiger partial charge in [0.1, 0.15) is 17.3 Å². The van der Waals surface area contributed by atoms with Crippen LogP contribution in [0, 0.1) is 11.3 Å². The lowest BCUT2D eigenvalue weighted by molar-refractivity contribution is 0.0174. The standard InChI is InChI=1S/C17H13BrF2N6OS/c1-9(14-23-8-24-26(14)16-22-7-13(6-21)28-16)25-15(27)10-3-11(17(2,19)20)5-12(18)4-10/h3-5,7-9H,1-2H3,(H,25,27)/t9-/m0/s1. The Bertz CT molecular complexity index is 1070. The molecule has 144 valence electrons. The molecule has 0 spiro atoms. The van der Waals surface area contributed by atoms with E-state index in [4.69, 9.17) is 5.26 Å². The van der Waals surface area contributed by atoms with Crippen LogP contribution in [-0.4, -0.2) is 25.7 Å². The van der Waals surface area contributed by atoms with Crippen molar-refractivity contribution < 1.29 is 13.6 Å². The average Bonchev–Trinajstić information content (AvgIpc) is 3.29. The number of nitrogens with zero attached hydrogens (tertiary/aromatic N) is 5. The van der Waals surface area contributed by atoms with Gasteiger partial charge in [-0.1, -0.05) is 27.3 Å². The second-order valence-corrected chi connectivity index (χ2v) is 7.89. The minimum atomic E-state index is -3.08. The minimum absolute atomic E-state index is 0.0878. The lowest BCUT2D eigenvalue weighted by Crippen LogP contribution is -2.29. The van der Waals surface area contributed by atoms with E-state index in [-0.39, 0.29) is 11.1 Å². The van der Waals surface area contributed by atoms with Crippen molar-refractivity contribution in [2.75, 3.05) is 0 Å². The van der Waals surface area contributed by atoms with Crippen LogP contribution >= 0.6 is 27.3 Å². The predicted molar refractivity (Wildman–Crippen MR) is 101 cm³/mol. The first-order valence-corrected chi connectivity index (χ1v) is 9.56. The predicted octanol–water partition coefficient (Wildman–Crippen LogP) is 3.96. The number of hydrogen-bond donors (Lipinski definition) is 1. The topological polar surface area (TPSA) is 96.5 Å². The number of benzene rings is 1. The van der Waals surface area contributed by atoms with Crippen LogP contribution in [0.3, 0.4) is 0 Å². The summed E-state index contributed by atoms with van der Waals surface area (Å²) < 4.78 is 29.1. The molecule has 1 amide bonds. The SMILES string of the molecule is C[C@H](NC(=O)c1cc(Br)cc(C(C)(F)F)c1)c1ncnn1-c1ncc(C#N)s1. The van der Waals surface area contributed by atoms with Crippen LogP contribution in [0.25, 0.3) is 5.13 Å². The molecule has 7 nitrogen and oxygen atoms in total. The molecular weight excluding hydrogens is 454 g/mol. The zero-order chi connectivity index (χ0) is 20.5. The quantitative estimate of drug-likeness (QED) is 0.613. The van der Waals surface area contributed by atoms with E-state index >= 15 is 0 Å². The molecule has 0 unspecified atom stereocenters.